The van der Waals surface area contributed by atoms with E-state index in [9.17, 15) is 0 Å². The van der Waals surface area contributed by atoms with Crippen molar-refractivity contribution in [3.8, 4) is 34.3 Å². The van der Waals surface area contributed by atoms with E-state index < -0.39 is 0 Å². The van der Waals surface area contributed by atoms with E-state index in [0.717, 1.165) is 28.7 Å². The van der Waals surface area contributed by atoms with Crippen molar-refractivity contribution in [1.82, 2.24) is 19.7 Å². The molecule has 0 aliphatic rings. The molecule has 7 nitrogen and oxygen atoms in total. The molecular formula is C19H18N4O3. The largest absolute Gasteiger partial charge is 0.497 e. The summed E-state index contributed by atoms with van der Waals surface area (Å²) in [4.78, 5) is 8.92. The number of benzene rings is 2. The third-order valence-corrected chi connectivity index (χ3v) is 4.24. The number of ether oxygens (including phenoxy) is 2. The smallest absolute Gasteiger partial charge is 0.258 e. The minimum absolute atomic E-state index is 0.404. The lowest BCUT2D eigenvalue weighted by atomic mass is 10.1. The molecule has 0 aliphatic heterocycles. The summed E-state index contributed by atoms with van der Waals surface area (Å²) in [5.41, 5.74) is 3.59. The zero-order chi connectivity index (χ0) is 18.1. The molecule has 0 fully saturated rings. The van der Waals surface area contributed by atoms with Gasteiger partial charge in [-0.2, -0.15) is 4.98 Å². The van der Waals surface area contributed by atoms with Gasteiger partial charge in [0.05, 0.1) is 31.6 Å². The molecule has 0 spiro atoms. The Labute approximate surface area is 150 Å². The summed E-state index contributed by atoms with van der Waals surface area (Å²) < 4.78 is 18.1. The van der Waals surface area contributed by atoms with Gasteiger partial charge in [0.1, 0.15) is 11.5 Å². The zero-order valence-electron chi connectivity index (χ0n) is 14.8. The molecule has 0 unspecified atom stereocenters. The van der Waals surface area contributed by atoms with Crippen molar-refractivity contribution in [1.29, 1.82) is 0 Å². The van der Waals surface area contributed by atoms with Crippen LogP contribution in [0.25, 0.3) is 33.9 Å². The molecule has 7 heteroatoms. The van der Waals surface area contributed by atoms with Crippen molar-refractivity contribution in [3.05, 3.63) is 42.7 Å². The first-order chi connectivity index (χ1) is 12.7. The molecule has 4 aromatic rings. The van der Waals surface area contributed by atoms with E-state index in [1.54, 1.807) is 20.3 Å². The highest BCUT2D eigenvalue weighted by molar-refractivity contribution is 5.80. The Morgan fingerprint density at radius 1 is 1.00 bits per heavy atom. The molecule has 2 aromatic carbocycles. The van der Waals surface area contributed by atoms with Crippen LogP contribution in [-0.4, -0.2) is 33.9 Å². The lowest BCUT2D eigenvalue weighted by Gasteiger charge is -2.05. The fourth-order valence-corrected chi connectivity index (χ4v) is 2.84. The van der Waals surface area contributed by atoms with Crippen molar-refractivity contribution < 1.29 is 14.0 Å². The lowest BCUT2D eigenvalue weighted by Crippen LogP contribution is -1.91. The Bertz CT molecular complexity index is 1050. The van der Waals surface area contributed by atoms with Crippen molar-refractivity contribution in [3.63, 3.8) is 0 Å². The summed E-state index contributed by atoms with van der Waals surface area (Å²) in [5.74, 6) is 2.24. The molecule has 4 rings (SSSR count). The molecule has 2 aromatic heterocycles. The van der Waals surface area contributed by atoms with Crippen molar-refractivity contribution in [2.24, 2.45) is 0 Å². The summed E-state index contributed by atoms with van der Waals surface area (Å²) in [6.07, 6.45) is 1.83. The van der Waals surface area contributed by atoms with Gasteiger partial charge in [0.15, 0.2) is 0 Å². The van der Waals surface area contributed by atoms with Crippen LogP contribution < -0.4 is 9.47 Å². The monoisotopic (exact) mass is 350 g/mol. The predicted molar refractivity (Wildman–Crippen MR) is 97.2 cm³/mol. The molecule has 26 heavy (non-hydrogen) atoms. The highest BCUT2D eigenvalue weighted by atomic mass is 16.5. The van der Waals surface area contributed by atoms with E-state index in [4.69, 9.17) is 14.0 Å². The summed E-state index contributed by atoms with van der Waals surface area (Å²) in [6.45, 7) is 2.93. The van der Waals surface area contributed by atoms with Crippen LogP contribution in [0.5, 0.6) is 11.5 Å². The molecule has 132 valence electrons. The quantitative estimate of drug-likeness (QED) is 0.545. The zero-order valence-corrected chi connectivity index (χ0v) is 14.8. The maximum atomic E-state index is 5.46. The molecule has 0 saturated heterocycles. The van der Waals surface area contributed by atoms with Gasteiger partial charge >= 0.3 is 0 Å². The number of nitrogens with zero attached hydrogens (tertiary/aromatic N) is 4. The minimum atomic E-state index is 0.404. The van der Waals surface area contributed by atoms with Crippen molar-refractivity contribution in [2.45, 2.75) is 13.5 Å². The average molecular weight is 350 g/mol. The molecule has 0 atom stereocenters. The van der Waals surface area contributed by atoms with Crippen LogP contribution in [0.1, 0.15) is 6.92 Å². The van der Waals surface area contributed by atoms with Gasteiger partial charge in [-0.05, 0) is 37.3 Å². The van der Waals surface area contributed by atoms with E-state index in [-0.39, 0.29) is 0 Å². The van der Waals surface area contributed by atoms with Crippen LogP contribution in [-0.2, 0) is 6.54 Å². The van der Waals surface area contributed by atoms with Gasteiger partial charge < -0.3 is 18.6 Å². The third kappa shape index (κ3) is 2.77. The number of imidazole rings is 1. The number of hydrogen-bond acceptors (Lipinski definition) is 6. The minimum Gasteiger partial charge on any atom is -0.497 e. The fourth-order valence-electron chi connectivity index (χ4n) is 2.84. The summed E-state index contributed by atoms with van der Waals surface area (Å²) in [5, 5.41) is 4.12. The molecular weight excluding hydrogens is 332 g/mol. The van der Waals surface area contributed by atoms with Gasteiger partial charge in [0.25, 0.3) is 5.89 Å². The van der Waals surface area contributed by atoms with Gasteiger partial charge in [-0.3, -0.25) is 0 Å². The van der Waals surface area contributed by atoms with E-state index >= 15 is 0 Å². The molecule has 0 saturated carbocycles. The van der Waals surface area contributed by atoms with Crippen LogP contribution in [0.15, 0.2) is 47.2 Å². The fraction of sp³-hybridized carbons (Fsp3) is 0.211. The Hall–Kier alpha value is -3.35. The van der Waals surface area contributed by atoms with E-state index in [2.05, 4.69) is 26.6 Å². The summed E-state index contributed by atoms with van der Waals surface area (Å²) in [7, 11) is 3.20. The van der Waals surface area contributed by atoms with Crippen molar-refractivity contribution >= 4 is 11.0 Å². The molecule has 0 bridgehead atoms. The standard InChI is InChI=1S/C19H18N4O3/c1-4-23-11-20-16-6-5-12(9-17(16)23)18-21-19(26-22-18)13-7-14(24-2)10-15(8-13)25-3/h5-11H,4H2,1-3H3. The molecule has 0 aliphatic carbocycles. The van der Waals surface area contributed by atoms with Gasteiger partial charge in [0, 0.05) is 23.7 Å². The Morgan fingerprint density at radius 3 is 2.46 bits per heavy atom. The molecule has 0 radical (unpaired) electrons. The first kappa shape index (κ1) is 16.1. The van der Waals surface area contributed by atoms with E-state index in [1.807, 2.05) is 36.7 Å². The maximum Gasteiger partial charge on any atom is 0.258 e. The van der Waals surface area contributed by atoms with Crippen LogP contribution in [0.3, 0.4) is 0 Å². The normalized spacial score (nSPS) is 11.0. The first-order valence-corrected chi connectivity index (χ1v) is 8.24. The third-order valence-electron chi connectivity index (χ3n) is 4.24. The van der Waals surface area contributed by atoms with Crippen LogP contribution in [0.2, 0.25) is 0 Å². The summed E-state index contributed by atoms with van der Waals surface area (Å²) in [6, 6.07) is 11.4. The van der Waals surface area contributed by atoms with Gasteiger partial charge in [0.2, 0.25) is 5.82 Å². The lowest BCUT2D eigenvalue weighted by molar-refractivity contribution is 0.393. The van der Waals surface area contributed by atoms with E-state index in [0.29, 0.717) is 23.2 Å². The highest BCUT2D eigenvalue weighted by Gasteiger charge is 2.14. The maximum absolute atomic E-state index is 5.46. The van der Waals surface area contributed by atoms with Gasteiger partial charge in [-0.1, -0.05) is 5.16 Å². The van der Waals surface area contributed by atoms with Crippen LogP contribution >= 0.6 is 0 Å². The predicted octanol–water partition coefficient (Wildman–Crippen LogP) is 3.79. The number of methoxy groups -OCH3 is 2. The van der Waals surface area contributed by atoms with Gasteiger partial charge in [-0.25, -0.2) is 4.98 Å². The Morgan fingerprint density at radius 2 is 1.77 bits per heavy atom. The second kappa shape index (κ2) is 6.51. The topological polar surface area (TPSA) is 75.2 Å². The molecule has 0 N–H and O–H groups in total. The van der Waals surface area contributed by atoms with Crippen LogP contribution in [0, 0.1) is 0 Å². The number of rotatable bonds is 5. The Balaban J connectivity index is 1.74. The van der Waals surface area contributed by atoms with E-state index in [1.165, 1.54) is 0 Å². The summed E-state index contributed by atoms with van der Waals surface area (Å²) >= 11 is 0. The SMILES string of the molecule is CCn1cnc2ccc(-c3noc(-c4cc(OC)cc(OC)c4)n3)cc21. The molecule has 2 heterocycles. The molecule has 0 amide bonds. The second-order valence-electron chi connectivity index (χ2n) is 5.76. The van der Waals surface area contributed by atoms with Crippen LogP contribution in [0.4, 0.5) is 0 Å². The number of aryl methyl sites for hydroxylation is 1. The van der Waals surface area contributed by atoms with Gasteiger partial charge in [-0.15, -0.1) is 0 Å². The number of fused-ring (bicyclic) bond motifs is 1. The number of hydrogen-bond donors (Lipinski definition) is 0. The van der Waals surface area contributed by atoms with Crippen molar-refractivity contribution in [2.75, 3.05) is 14.2 Å². The first-order valence-electron chi connectivity index (χ1n) is 8.24. The number of aromatic nitrogens is 4. The highest BCUT2D eigenvalue weighted by Crippen LogP contribution is 2.30. The average Bonchev–Trinajstić information content (AvgIpc) is 3.34. The second-order valence-corrected chi connectivity index (χ2v) is 5.76. The Kier molecular flexibility index (Phi) is 4.04.